The third kappa shape index (κ3) is 5.34. The molecule has 9 heteroatoms. The van der Waals surface area contributed by atoms with Gasteiger partial charge in [-0.3, -0.25) is 0 Å². The van der Waals surface area contributed by atoms with Crippen molar-refractivity contribution in [3.8, 4) is 23.3 Å². The molecule has 0 atom stereocenters. The summed E-state index contributed by atoms with van der Waals surface area (Å²) < 4.78 is 12.8. The quantitative estimate of drug-likeness (QED) is 0.318. The lowest BCUT2D eigenvalue weighted by molar-refractivity contribution is 0.0556. The van der Waals surface area contributed by atoms with E-state index in [0.29, 0.717) is 22.2 Å². The summed E-state index contributed by atoms with van der Waals surface area (Å²) in [4.78, 5) is 12.0. The lowest BCUT2D eigenvalue weighted by Gasteiger charge is -2.03. The van der Waals surface area contributed by atoms with Gasteiger partial charge in [0.1, 0.15) is 5.75 Å². The molecule has 1 aromatic heterocycles. The molecule has 0 aliphatic rings. The molecule has 0 aliphatic heterocycles. The molecular formula is C19H15BrN4O3S. The Kier molecular flexibility index (Phi) is 7.06. The molecule has 0 aliphatic carbocycles. The van der Waals surface area contributed by atoms with Gasteiger partial charge >= 0.3 is 5.97 Å². The van der Waals surface area contributed by atoms with Crippen molar-refractivity contribution >= 4 is 33.7 Å². The number of thioether (sulfide) groups is 1. The van der Waals surface area contributed by atoms with Crippen LogP contribution in [0, 0.1) is 11.8 Å². The molecule has 1 heterocycles. The van der Waals surface area contributed by atoms with E-state index in [-0.39, 0.29) is 6.61 Å². The summed E-state index contributed by atoms with van der Waals surface area (Å²) >= 11 is 4.80. The van der Waals surface area contributed by atoms with Crippen molar-refractivity contribution in [1.82, 2.24) is 20.2 Å². The van der Waals surface area contributed by atoms with E-state index < -0.39 is 5.97 Å². The Morgan fingerprint density at radius 1 is 1.21 bits per heavy atom. The van der Waals surface area contributed by atoms with E-state index in [0.717, 1.165) is 10.2 Å². The molecule has 0 spiro atoms. The lowest BCUT2D eigenvalue weighted by atomic mass is 10.2. The van der Waals surface area contributed by atoms with Gasteiger partial charge in [0.2, 0.25) is 5.16 Å². The molecule has 142 valence electrons. The number of ether oxygens (including phenoxy) is 2. The SMILES string of the molecule is COc1cccc(C(=O)OCC#CCSc2nnnn2-c2ccc(Br)cc2)c1. The zero-order chi connectivity index (χ0) is 19.8. The van der Waals surface area contributed by atoms with Gasteiger partial charge in [0, 0.05) is 4.47 Å². The Balaban J connectivity index is 1.49. The van der Waals surface area contributed by atoms with E-state index in [1.165, 1.54) is 11.8 Å². The van der Waals surface area contributed by atoms with Gasteiger partial charge in [-0.15, -0.1) is 5.10 Å². The number of nitrogens with zero attached hydrogens (tertiary/aromatic N) is 4. The Hall–Kier alpha value is -2.83. The zero-order valence-electron chi connectivity index (χ0n) is 14.8. The van der Waals surface area contributed by atoms with Crippen LogP contribution in [0.3, 0.4) is 0 Å². The molecule has 0 unspecified atom stereocenters. The van der Waals surface area contributed by atoms with Crippen LogP contribution < -0.4 is 4.74 Å². The average molecular weight is 459 g/mol. The van der Waals surface area contributed by atoms with Gasteiger partial charge < -0.3 is 9.47 Å². The minimum Gasteiger partial charge on any atom is -0.497 e. The molecule has 0 N–H and O–H groups in total. The second kappa shape index (κ2) is 9.92. The van der Waals surface area contributed by atoms with E-state index in [1.807, 2.05) is 24.3 Å². The number of esters is 1. The first-order valence-electron chi connectivity index (χ1n) is 8.11. The summed E-state index contributed by atoms with van der Waals surface area (Å²) in [5.74, 6) is 6.37. The number of hydrogen-bond acceptors (Lipinski definition) is 7. The highest BCUT2D eigenvalue weighted by Crippen LogP contribution is 2.19. The van der Waals surface area contributed by atoms with E-state index in [9.17, 15) is 4.79 Å². The summed E-state index contributed by atoms with van der Waals surface area (Å²) in [6.45, 7) is 0.00819. The number of rotatable bonds is 6. The molecule has 0 radical (unpaired) electrons. The summed E-state index contributed by atoms with van der Waals surface area (Å²) in [6.07, 6.45) is 0. The van der Waals surface area contributed by atoms with E-state index in [1.54, 1.807) is 36.1 Å². The van der Waals surface area contributed by atoms with Crippen LogP contribution >= 0.6 is 27.7 Å². The average Bonchev–Trinajstić information content (AvgIpc) is 3.19. The summed E-state index contributed by atoms with van der Waals surface area (Å²) in [6, 6.07) is 14.4. The van der Waals surface area contributed by atoms with Crippen molar-refractivity contribution in [2.75, 3.05) is 19.5 Å². The maximum absolute atomic E-state index is 12.0. The number of tetrazole rings is 1. The van der Waals surface area contributed by atoms with Crippen LogP contribution in [-0.2, 0) is 4.74 Å². The van der Waals surface area contributed by atoms with Crippen molar-refractivity contribution in [1.29, 1.82) is 0 Å². The van der Waals surface area contributed by atoms with Gasteiger partial charge in [-0.1, -0.05) is 45.6 Å². The monoisotopic (exact) mass is 458 g/mol. The first-order valence-corrected chi connectivity index (χ1v) is 9.89. The maximum Gasteiger partial charge on any atom is 0.339 e. The molecule has 0 saturated heterocycles. The Labute approximate surface area is 174 Å². The highest BCUT2D eigenvalue weighted by molar-refractivity contribution is 9.10. The first-order chi connectivity index (χ1) is 13.7. The van der Waals surface area contributed by atoms with Crippen LogP contribution in [-0.4, -0.2) is 45.6 Å². The lowest BCUT2D eigenvalue weighted by Crippen LogP contribution is -2.05. The molecule has 3 aromatic rings. The fourth-order valence-corrected chi connectivity index (χ4v) is 3.08. The van der Waals surface area contributed by atoms with Gasteiger partial charge in [0.05, 0.1) is 24.1 Å². The van der Waals surface area contributed by atoms with E-state index in [2.05, 4.69) is 43.3 Å². The Morgan fingerprint density at radius 2 is 2.04 bits per heavy atom. The second-order valence-corrected chi connectivity index (χ2v) is 7.16. The zero-order valence-corrected chi connectivity index (χ0v) is 17.2. The molecular weight excluding hydrogens is 444 g/mol. The van der Waals surface area contributed by atoms with Crippen LogP contribution in [0.25, 0.3) is 5.69 Å². The molecule has 7 nitrogen and oxygen atoms in total. The summed E-state index contributed by atoms with van der Waals surface area (Å²) in [7, 11) is 1.54. The van der Waals surface area contributed by atoms with Gasteiger partial charge in [-0.25, -0.2) is 4.79 Å². The van der Waals surface area contributed by atoms with E-state index in [4.69, 9.17) is 9.47 Å². The van der Waals surface area contributed by atoms with Crippen molar-refractivity contribution < 1.29 is 14.3 Å². The van der Waals surface area contributed by atoms with Gasteiger partial charge in [0.15, 0.2) is 6.61 Å². The molecule has 3 rings (SSSR count). The van der Waals surface area contributed by atoms with E-state index >= 15 is 0 Å². The number of carbonyl (C=O) groups excluding carboxylic acids is 1. The molecule has 28 heavy (non-hydrogen) atoms. The van der Waals surface area contributed by atoms with Crippen molar-refractivity contribution in [2.24, 2.45) is 0 Å². The van der Waals surface area contributed by atoms with Crippen molar-refractivity contribution in [3.63, 3.8) is 0 Å². The Bertz CT molecular complexity index is 1010. The predicted octanol–water partition coefficient (Wildman–Crippen LogP) is 3.39. The number of methoxy groups -OCH3 is 1. The van der Waals surface area contributed by atoms with Crippen LogP contribution in [0.1, 0.15) is 10.4 Å². The van der Waals surface area contributed by atoms with Gasteiger partial charge in [0.25, 0.3) is 0 Å². The summed E-state index contributed by atoms with van der Waals surface area (Å²) in [5, 5.41) is 12.3. The molecule has 0 fully saturated rings. The standard InChI is InChI=1S/C19H15BrN4O3S/c1-26-17-6-4-5-14(13-17)18(25)27-11-2-3-12-28-19-21-22-23-24(19)16-9-7-15(20)8-10-16/h4-10,13H,11-12H2,1H3. The van der Waals surface area contributed by atoms with Crippen molar-refractivity contribution in [2.45, 2.75) is 5.16 Å². The minimum atomic E-state index is -0.444. The fraction of sp³-hybridized carbons (Fsp3) is 0.158. The first kappa shape index (κ1) is 19.9. The number of carbonyl (C=O) groups is 1. The van der Waals surface area contributed by atoms with Gasteiger partial charge in [-0.2, -0.15) is 4.68 Å². The highest BCUT2D eigenvalue weighted by Gasteiger charge is 2.08. The van der Waals surface area contributed by atoms with Crippen LogP contribution in [0.4, 0.5) is 0 Å². The van der Waals surface area contributed by atoms with Crippen LogP contribution in [0.15, 0.2) is 58.2 Å². The number of aromatic nitrogens is 4. The maximum atomic E-state index is 12.0. The van der Waals surface area contributed by atoms with Crippen LogP contribution in [0.2, 0.25) is 0 Å². The molecule has 0 amide bonds. The minimum absolute atomic E-state index is 0.00819. The Morgan fingerprint density at radius 3 is 2.82 bits per heavy atom. The topological polar surface area (TPSA) is 79.1 Å². The molecule has 0 bridgehead atoms. The molecule has 2 aromatic carbocycles. The smallest absolute Gasteiger partial charge is 0.339 e. The molecule has 0 saturated carbocycles. The number of halogens is 1. The number of benzene rings is 2. The van der Waals surface area contributed by atoms with Crippen LogP contribution in [0.5, 0.6) is 5.75 Å². The predicted molar refractivity (Wildman–Crippen MR) is 109 cm³/mol. The van der Waals surface area contributed by atoms with Crippen molar-refractivity contribution in [3.05, 3.63) is 58.6 Å². The largest absolute Gasteiger partial charge is 0.497 e. The summed E-state index contributed by atoms with van der Waals surface area (Å²) in [5.41, 5.74) is 1.28. The fourth-order valence-electron chi connectivity index (χ4n) is 2.15. The third-order valence-electron chi connectivity index (χ3n) is 3.49. The highest BCUT2D eigenvalue weighted by atomic mass is 79.9. The normalized spacial score (nSPS) is 10.1. The second-order valence-electron chi connectivity index (χ2n) is 5.30. The number of hydrogen-bond donors (Lipinski definition) is 0. The third-order valence-corrected chi connectivity index (χ3v) is 4.82. The van der Waals surface area contributed by atoms with Gasteiger partial charge in [-0.05, 0) is 52.9 Å².